The fourth-order valence-corrected chi connectivity index (χ4v) is 2.05. The minimum atomic E-state index is -0.405. The summed E-state index contributed by atoms with van der Waals surface area (Å²) < 4.78 is 16.9. The van der Waals surface area contributed by atoms with Crippen molar-refractivity contribution in [1.29, 1.82) is 0 Å². The van der Waals surface area contributed by atoms with Gasteiger partial charge in [-0.15, -0.1) is 11.6 Å². The van der Waals surface area contributed by atoms with Crippen molar-refractivity contribution in [1.82, 2.24) is 0 Å². The summed E-state index contributed by atoms with van der Waals surface area (Å²) in [6, 6.07) is 0. The topological polar surface area (TPSA) is 27.7 Å². The van der Waals surface area contributed by atoms with Gasteiger partial charge in [0.25, 0.3) is 0 Å². The summed E-state index contributed by atoms with van der Waals surface area (Å²) in [4.78, 5) is 0. The van der Waals surface area contributed by atoms with Gasteiger partial charge in [0.2, 0.25) is 0 Å². The first-order valence-electron chi connectivity index (χ1n) is 4.72. The Bertz CT molecular complexity index is 188. The highest BCUT2D eigenvalue weighted by Crippen LogP contribution is 2.37. The molecule has 3 nitrogen and oxygen atoms in total. The van der Waals surface area contributed by atoms with E-state index < -0.39 is 5.79 Å². The van der Waals surface area contributed by atoms with Crippen LogP contribution in [-0.2, 0) is 14.2 Å². The molecule has 76 valence electrons. The van der Waals surface area contributed by atoms with E-state index in [9.17, 15) is 0 Å². The lowest BCUT2D eigenvalue weighted by molar-refractivity contribution is -0.241. The van der Waals surface area contributed by atoms with Gasteiger partial charge in [-0.25, -0.2) is 0 Å². The van der Waals surface area contributed by atoms with Gasteiger partial charge in [-0.05, 0) is 0 Å². The van der Waals surface area contributed by atoms with Crippen LogP contribution in [0.5, 0.6) is 0 Å². The van der Waals surface area contributed by atoms with Gasteiger partial charge in [-0.2, -0.15) is 0 Å². The third-order valence-electron chi connectivity index (χ3n) is 2.77. The van der Waals surface area contributed by atoms with Crippen LogP contribution in [0.15, 0.2) is 0 Å². The molecule has 0 aromatic heterocycles. The van der Waals surface area contributed by atoms with E-state index in [-0.39, 0.29) is 6.10 Å². The summed E-state index contributed by atoms with van der Waals surface area (Å²) in [6.07, 6.45) is 0.879. The molecule has 0 aromatic carbocycles. The van der Waals surface area contributed by atoms with E-state index in [0.29, 0.717) is 18.4 Å². The molecule has 2 aliphatic heterocycles. The smallest absolute Gasteiger partial charge is 0.175 e. The molecule has 3 unspecified atom stereocenters. The van der Waals surface area contributed by atoms with Gasteiger partial charge >= 0.3 is 0 Å². The number of alkyl halides is 1. The second kappa shape index (κ2) is 3.73. The van der Waals surface area contributed by atoms with Crippen LogP contribution in [-0.4, -0.2) is 37.6 Å². The molecule has 0 aromatic rings. The van der Waals surface area contributed by atoms with Gasteiger partial charge in [-0.3, -0.25) is 0 Å². The van der Waals surface area contributed by atoms with Crippen LogP contribution in [0.3, 0.4) is 0 Å². The molecule has 3 atom stereocenters. The third-order valence-corrected chi connectivity index (χ3v) is 3.11. The summed E-state index contributed by atoms with van der Waals surface area (Å²) in [5.74, 6) is 0.405. The van der Waals surface area contributed by atoms with E-state index in [1.54, 1.807) is 0 Å². The van der Waals surface area contributed by atoms with E-state index in [1.165, 1.54) is 0 Å². The number of hydrogen-bond donors (Lipinski definition) is 0. The van der Waals surface area contributed by atoms with Crippen molar-refractivity contribution in [2.24, 2.45) is 5.92 Å². The monoisotopic (exact) mass is 206 g/mol. The van der Waals surface area contributed by atoms with Crippen LogP contribution in [0.1, 0.15) is 13.3 Å². The van der Waals surface area contributed by atoms with E-state index in [1.807, 2.05) is 0 Å². The summed E-state index contributed by atoms with van der Waals surface area (Å²) in [6.45, 7) is 4.15. The Balaban J connectivity index is 2.03. The van der Waals surface area contributed by atoms with E-state index in [0.717, 1.165) is 19.6 Å². The Morgan fingerprint density at radius 2 is 2.31 bits per heavy atom. The van der Waals surface area contributed by atoms with Crippen molar-refractivity contribution in [2.45, 2.75) is 25.2 Å². The fourth-order valence-electron chi connectivity index (χ4n) is 1.90. The average molecular weight is 207 g/mol. The zero-order chi connectivity index (χ0) is 9.31. The minimum absolute atomic E-state index is 0.0576. The van der Waals surface area contributed by atoms with Crippen LogP contribution in [0.25, 0.3) is 0 Å². The van der Waals surface area contributed by atoms with Crippen molar-refractivity contribution in [2.75, 3.05) is 25.7 Å². The molecule has 4 heteroatoms. The average Bonchev–Trinajstić information content (AvgIpc) is 2.56. The second-order valence-corrected chi connectivity index (χ2v) is 4.05. The predicted octanol–water partition coefficient (Wildman–Crippen LogP) is 1.39. The lowest BCUT2D eigenvalue weighted by Crippen LogP contribution is -2.45. The summed E-state index contributed by atoms with van der Waals surface area (Å²) in [7, 11) is 0. The van der Waals surface area contributed by atoms with Gasteiger partial charge in [0.15, 0.2) is 5.79 Å². The number of hydrogen-bond acceptors (Lipinski definition) is 3. The van der Waals surface area contributed by atoms with Crippen molar-refractivity contribution < 1.29 is 14.2 Å². The maximum Gasteiger partial charge on any atom is 0.175 e. The zero-order valence-electron chi connectivity index (χ0n) is 7.79. The van der Waals surface area contributed by atoms with Crippen molar-refractivity contribution in [3.63, 3.8) is 0 Å². The molecule has 1 spiro atoms. The first-order valence-corrected chi connectivity index (χ1v) is 5.26. The van der Waals surface area contributed by atoms with Crippen LogP contribution in [0.2, 0.25) is 0 Å². The predicted molar refractivity (Wildman–Crippen MR) is 48.9 cm³/mol. The summed E-state index contributed by atoms with van der Waals surface area (Å²) in [5.41, 5.74) is 0. The maximum atomic E-state index is 5.82. The van der Waals surface area contributed by atoms with Crippen molar-refractivity contribution >= 4 is 11.6 Å². The third kappa shape index (κ3) is 1.71. The highest BCUT2D eigenvalue weighted by molar-refractivity contribution is 6.18. The Labute approximate surface area is 83.3 Å². The molecule has 0 bridgehead atoms. The number of rotatable bonds is 1. The Morgan fingerprint density at radius 3 is 2.92 bits per heavy atom. The van der Waals surface area contributed by atoms with Gasteiger partial charge in [-0.1, -0.05) is 6.92 Å². The first-order chi connectivity index (χ1) is 6.27. The molecule has 2 saturated heterocycles. The molecule has 2 heterocycles. The van der Waals surface area contributed by atoms with Crippen molar-refractivity contribution in [3.8, 4) is 0 Å². The summed E-state index contributed by atoms with van der Waals surface area (Å²) >= 11 is 5.72. The molecule has 0 saturated carbocycles. The van der Waals surface area contributed by atoms with Crippen LogP contribution in [0, 0.1) is 5.92 Å². The highest BCUT2D eigenvalue weighted by Gasteiger charge is 2.47. The molecule has 2 fully saturated rings. The summed E-state index contributed by atoms with van der Waals surface area (Å²) in [5, 5.41) is 0. The fraction of sp³-hybridized carbons (Fsp3) is 1.00. The standard InChI is InChI=1S/C9H15ClO3/c1-7-5-11-3-2-9(7)12-6-8(4-10)13-9/h7-8H,2-6H2,1H3. The molecule has 0 radical (unpaired) electrons. The molecular weight excluding hydrogens is 192 g/mol. The lowest BCUT2D eigenvalue weighted by Gasteiger charge is -2.37. The molecular formula is C9H15ClO3. The molecule has 2 aliphatic rings. The van der Waals surface area contributed by atoms with Crippen LogP contribution >= 0.6 is 11.6 Å². The van der Waals surface area contributed by atoms with Crippen molar-refractivity contribution in [3.05, 3.63) is 0 Å². The Morgan fingerprint density at radius 1 is 1.46 bits per heavy atom. The Hall–Kier alpha value is 0.170. The van der Waals surface area contributed by atoms with E-state index in [2.05, 4.69) is 6.92 Å². The molecule has 2 rings (SSSR count). The van der Waals surface area contributed by atoms with Gasteiger partial charge < -0.3 is 14.2 Å². The van der Waals surface area contributed by atoms with Gasteiger partial charge in [0, 0.05) is 12.3 Å². The number of halogens is 1. The minimum Gasteiger partial charge on any atom is -0.381 e. The second-order valence-electron chi connectivity index (χ2n) is 3.74. The van der Waals surface area contributed by atoms with Crippen LogP contribution in [0.4, 0.5) is 0 Å². The normalized spacial score (nSPS) is 45.7. The molecule has 0 aliphatic carbocycles. The Kier molecular flexibility index (Phi) is 2.79. The van der Waals surface area contributed by atoms with Gasteiger partial charge in [0.05, 0.1) is 31.8 Å². The van der Waals surface area contributed by atoms with E-state index >= 15 is 0 Å². The lowest BCUT2D eigenvalue weighted by atomic mass is 9.96. The molecule has 0 amide bonds. The molecule has 0 N–H and O–H groups in total. The van der Waals surface area contributed by atoms with Crippen LogP contribution < -0.4 is 0 Å². The molecule has 13 heavy (non-hydrogen) atoms. The number of ether oxygens (including phenoxy) is 3. The maximum absolute atomic E-state index is 5.82. The van der Waals surface area contributed by atoms with E-state index in [4.69, 9.17) is 25.8 Å². The SMILES string of the molecule is CC1COCCC12OCC(CCl)O2. The van der Waals surface area contributed by atoms with Gasteiger partial charge in [0.1, 0.15) is 0 Å². The first kappa shape index (κ1) is 9.71. The zero-order valence-corrected chi connectivity index (χ0v) is 8.55. The largest absolute Gasteiger partial charge is 0.381 e. The highest BCUT2D eigenvalue weighted by atomic mass is 35.5. The quantitative estimate of drug-likeness (QED) is 0.607.